The largest absolute Gasteiger partial charge is 0.400 e. The summed E-state index contributed by atoms with van der Waals surface area (Å²) in [4.78, 5) is 11.8. The molecule has 0 aromatic heterocycles. The molecule has 82 valence electrons. The van der Waals surface area contributed by atoms with Gasteiger partial charge >= 0.3 is 0 Å². The van der Waals surface area contributed by atoms with Crippen LogP contribution in [-0.4, -0.2) is 42.5 Å². The number of nitrogens with zero attached hydrogens (tertiary/aromatic N) is 1. The van der Waals surface area contributed by atoms with E-state index < -0.39 is 0 Å². The number of aliphatic hydroxyl groups excluding tert-OH is 1. The van der Waals surface area contributed by atoms with E-state index in [0.717, 1.165) is 7.11 Å². The van der Waals surface area contributed by atoms with Crippen molar-refractivity contribution in [2.75, 3.05) is 26.7 Å². The molecule has 0 aliphatic rings. The first-order chi connectivity index (χ1) is 6.08. The van der Waals surface area contributed by atoms with Crippen molar-refractivity contribution in [1.82, 2.24) is 4.90 Å². The van der Waals surface area contributed by atoms with E-state index in [2.05, 4.69) is 25.7 Å². The SMILES string of the molecule is CC(C)=O.CCN(CC)CC.CO. The maximum Gasteiger partial charge on any atom is 0.126 e. The van der Waals surface area contributed by atoms with Crippen molar-refractivity contribution < 1.29 is 9.90 Å². The van der Waals surface area contributed by atoms with Crippen LogP contribution in [0.15, 0.2) is 0 Å². The van der Waals surface area contributed by atoms with Gasteiger partial charge in [-0.15, -0.1) is 0 Å². The van der Waals surface area contributed by atoms with E-state index in [0.29, 0.717) is 0 Å². The van der Waals surface area contributed by atoms with Crippen LogP contribution in [0.3, 0.4) is 0 Å². The van der Waals surface area contributed by atoms with Gasteiger partial charge in [-0.1, -0.05) is 20.8 Å². The summed E-state index contributed by atoms with van der Waals surface area (Å²) in [7, 11) is 1.00. The van der Waals surface area contributed by atoms with Crippen molar-refractivity contribution in [3.63, 3.8) is 0 Å². The third kappa shape index (κ3) is 34.1. The number of hydrogen-bond acceptors (Lipinski definition) is 3. The fourth-order valence-corrected chi connectivity index (χ4v) is 0.671. The van der Waals surface area contributed by atoms with E-state index in [1.54, 1.807) is 0 Å². The number of Topliss-reactive ketones (excluding diaryl/α,β-unsaturated/α-hetero) is 1. The van der Waals surface area contributed by atoms with Crippen molar-refractivity contribution in [1.29, 1.82) is 0 Å². The Hall–Kier alpha value is -0.410. The highest BCUT2D eigenvalue weighted by molar-refractivity contribution is 5.72. The Morgan fingerprint density at radius 1 is 1.00 bits per heavy atom. The smallest absolute Gasteiger partial charge is 0.126 e. The summed E-state index contributed by atoms with van der Waals surface area (Å²) in [5.41, 5.74) is 0. The predicted molar refractivity (Wildman–Crippen MR) is 58.0 cm³/mol. The normalized spacial score (nSPS) is 8.00. The van der Waals surface area contributed by atoms with Crippen LogP contribution in [0.25, 0.3) is 0 Å². The summed E-state index contributed by atoms with van der Waals surface area (Å²) in [6, 6.07) is 0. The number of carbonyl (C=O) groups excluding carboxylic acids is 1. The van der Waals surface area contributed by atoms with E-state index >= 15 is 0 Å². The number of ketones is 1. The first kappa shape index (κ1) is 18.4. The van der Waals surface area contributed by atoms with Crippen molar-refractivity contribution in [3.8, 4) is 0 Å². The summed E-state index contributed by atoms with van der Waals surface area (Å²) in [5, 5.41) is 7.00. The molecule has 0 aliphatic carbocycles. The van der Waals surface area contributed by atoms with Crippen LogP contribution >= 0.6 is 0 Å². The summed E-state index contributed by atoms with van der Waals surface area (Å²) >= 11 is 0. The lowest BCUT2D eigenvalue weighted by Crippen LogP contribution is -2.21. The maximum absolute atomic E-state index is 9.44. The third-order valence-electron chi connectivity index (χ3n) is 1.34. The fraction of sp³-hybridized carbons (Fsp3) is 0.900. The quantitative estimate of drug-likeness (QED) is 0.736. The molecule has 0 spiro atoms. The van der Waals surface area contributed by atoms with Gasteiger partial charge in [0.2, 0.25) is 0 Å². The summed E-state index contributed by atoms with van der Waals surface area (Å²) in [5.74, 6) is 0.167. The molecule has 0 bridgehead atoms. The van der Waals surface area contributed by atoms with Gasteiger partial charge in [-0.25, -0.2) is 0 Å². The van der Waals surface area contributed by atoms with E-state index in [9.17, 15) is 4.79 Å². The standard InChI is InChI=1S/C6H15N.C3H6O.CH4O/c1-4-7(5-2)6-3;1-3(2)4;1-2/h4-6H2,1-3H3;1-2H3;2H,1H3. The molecule has 0 rings (SSSR count). The summed E-state index contributed by atoms with van der Waals surface area (Å²) in [6.45, 7) is 13.2. The van der Waals surface area contributed by atoms with Crippen LogP contribution in [-0.2, 0) is 4.79 Å². The molecule has 3 nitrogen and oxygen atoms in total. The lowest BCUT2D eigenvalue weighted by molar-refractivity contribution is -0.114. The Labute approximate surface area is 82.8 Å². The third-order valence-corrected chi connectivity index (χ3v) is 1.34. The molecule has 0 saturated carbocycles. The minimum absolute atomic E-state index is 0.167. The van der Waals surface area contributed by atoms with Gasteiger partial charge in [0.15, 0.2) is 0 Å². The molecule has 3 heteroatoms. The van der Waals surface area contributed by atoms with Gasteiger partial charge in [0.05, 0.1) is 0 Å². The second-order valence-corrected chi connectivity index (χ2v) is 2.53. The number of rotatable bonds is 3. The Bertz CT molecular complexity index is 81.4. The van der Waals surface area contributed by atoms with Gasteiger partial charge in [0.25, 0.3) is 0 Å². The first-order valence-electron chi connectivity index (χ1n) is 4.72. The second-order valence-electron chi connectivity index (χ2n) is 2.53. The molecule has 0 saturated heterocycles. The van der Waals surface area contributed by atoms with E-state index in [1.807, 2.05) is 0 Å². The van der Waals surface area contributed by atoms with Gasteiger partial charge in [0.1, 0.15) is 5.78 Å². The molecule has 0 atom stereocenters. The average Bonchev–Trinajstić information content (AvgIpc) is 2.10. The fourth-order valence-electron chi connectivity index (χ4n) is 0.671. The predicted octanol–water partition coefficient (Wildman–Crippen LogP) is 1.55. The molecule has 0 radical (unpaired) electrons. The average molecular weight is 191 g/mol. The minimum Gasteiger partial charge on any atom is -0.400 e. The van der Waals surface area contributed by atoms with E-state index in [1.165, 1.54) is 33.5 Å². The number of hydrogen-bond donors (Lipinski definition) is 1. The molecule has 13 heavy (non-hydrogen) atoms. The van der Waals surface area contributed by atoms with Gasteiger partial charge in [-0.3, -0.25) is 0 Å². The molecule has 0 aromatic rings. The second kappa shape index (κ2) is 17.6. The molecular weight excluding hydrogens is 166 g/mol. The summed E-state index contributed by atoms with van der Waals surface area (Å²) < 4.78 is 0. The Morgan fingerprint density at radius 2 is 1.15 bits per heavy atom. The number of carbonyl (C=O) groups is 1. The van der Waals surface area contributed by atoms with E-state index in [4.69, 9.17) is 5.11 Å². The zero-order valence-corrected chi connectivity index (χ0v) is 9.92. The molecule has 0 aliphatic heterocycles. The number of aliphatic hydroxyl groups is 1. The van der Waals surface area contributed by atoms with Crippen LogP contribution < -0.4 is 0 Å². The zero-order valence-electron chi connectivity index (χ0n) is 9.92. The first-order valence-corrected chi connectivity index (χ1v) is 4.72. The summed E-state index contributed by atoms with van der Waals surface area (Å²) in [6.07, 6.45) is 0. The highest BCUT2D eigenvalue weighted by atomic mass is 16.2. The Morgan fingerprint density at radius 3 is 1.15 bits per heavy atom. The van der Waals surface area contributed by atoms with Gasteiger partial charge in [-0.05, 0) is 33.5 Å². The molecule has 0 amide bonds. The lowest BCUT2D eigenvalue weighted by atomic mass is 10.5. The molecule has 1 N–H and O–H groups in total. The maximum atomic E-state index is 9.44. The van der Waals surface area contributed by atoms with Gasteiger partial charge < -0.3 is 14.8 Å². The van der Waals surface area contributed by atoms with Crippen LogP contribution in [0.2, 0.25) is 0 Å². The van der Waals surface area contributed by atoms with Crippen LogP contribution in [0.5, 0.6) is 0 Å². The Balaban J connectivity index is -0.000000142. The van der Waals surface area contributed by atoms with Crippen LogP contribution in [0, 0.1) is 0 Å². The molecular formula is C10H25NO2. The van der Waals surface area contributed by atoms with Crippen molar-refractivity contribution >= 4 is 5.78 Å². The lowest BCUT2D eigenvalue weighted by Gasteiger charge is -2.13. The minimum atomic E-state index is 0.167. The zero-order chi connectivity index (χ0) is 11.3. The van der Waals surface area contributed by atoms with Crippen molar-refractivity contribution in [2.45, 2.75) is 34.6 Å². The monoisotopic (exact) mass is 191 g/mol. The molecule has 0 aromatic carbocycles. The highest BCUT2D eigenvalue weighted by Crippen LogP contribution is 1.81. The van der Waals surface area contributed by atoms with Crippen LogP contribution in [0.1, 0.15) is 34.6 Å². The van der Waals surface area contributed by atoms with Crippen molar-refractivity contribution in [2.24, 2.45) is 0 Å². The Kier molecular flexibility index (Phi) is 24.9. The molecule has 0 heterocycles. The molecule has 0 fully saturated rings. The van der Waals surface area contributed by atoms with Crippen molar-refractivity contribution in [3.05, 3.63) is 0 Å². The van der Waals surface area contributed by atoms with Gasteiger partial charge in [0, 0.05) is 7.11 Å². The topological polar surface area (TPSA) is 40.5 Å². The van der Waals surface area contributed by atoms with E-state index in [-0.39, 0.29) is 5.78 Å². The highest BCUT2D eigenvalue weighted by Gasteiger charge is 1.89. The molecule has 0 unspecified atom stereocenters. The van der Waals surface area contributed by atoms with Gasteiger partial charge in [-0.2, -0.15) is 0 Å². The van der Waals surface area contributed by atoms with Crippen LogP contribution in [0.4, 0.5) is 0 Å².